The molecule has 0 saturated carbocycles. The molecular formula is C20H19BOP. The SMILES string of the molecule is COc1ccccc1-c1ccccc1-c1ccc(C)c(P)c1.[B]. The summed E-state index contributed by atoms with van der Waals surface area (Å²) in [5.41, 5.74) is 6.02. The van der Waals surface area contributed by atoms with Crippen LogP contribution in [-0.4, -0.2) is 15.5 Å². The molecule has 0 amide bonds. The van der Waals surface area contributed by atoms with E-state index in [2.05, 4.69) is 64.7 Å². The molecule has 3 aromatic carbocycles. The van der Waals surface area contributed by atoms with Gasteiger partial charge in [-0.15, -0.1) is 9.24 Å². The Hall–Kier alpha value is -2.05. The molecule has 1 unspecified atom stereocenters. The molecule has 0 fully saturated rings. The van der Waals surface area contributed by atoms with E-state index in [9.17, 15) is 0 Å². The van der Waals surface area contributed by atoms with Crippen LogP contribution >= 0.6 is 9.24 Å². The second-order valence-electron chi connectivity index (χ2n) is 5.32. The van der Waals surface area contributed by atoms with E-state index in [1.807, 2.05) is 18.2 Å². The van der Waals surface area contributed by atoms with E-state index in [0.717, 1.165) is 11.3 Å². The second-order valence-corrected chi connectivity index (χ2v) is 5.94. The van der Waals surface area contributed by atoms with Crippen molar-refractivity contribution in [2.45, 2.75) is 6.92 Å². The molecule has 113 valence electrons. The van der Waals surface area contributed by atoms with Crippen molar-refractivity contribution >= 4 is 23.0 Å². The first-order chi connectivity index (χ1) is 10.7. The zero-order valence-corrected chi connectivity index (χ0v) is 14.6. The van der Waals surface area contributed by atoms with Gasteiger partial charge in [0.25, 0.3) is 0 Å². The van der Waals surface area contributed by atoms with Gasteiger partial charge in [0, 0.05) is 14.0 Å². The average Bonchev–Trinajstić information content (AvgIpc) is 2.57. The van der Waals surface area contributed by atoms with Gasteiger partial charge in [-0.05, 0) is 46.6 Å². The average molecular weight is 317 g/mol. The number of methoxy groups -OCH3 is 1. The normalized spacial score (nSPS) is 10.0. The summed E-state index contributed by atoms with van der Waals surface area (Å²) in [5.74, 6) is 0.896. The van der Waals surface area contributed by atoms with E-state index in [1.54, 1.807) is 7.11 Å². The van der Waals surface area contributed by atoms with Gasteiger partial charge < -0.3 is 4.74 Å². The summed E-state index contributed by atoms with van der Waals surface area (Å²) in [5, 5.41) is 1.23. The van der Waals surface area contributed by atoms with Gasteiger partial charge in [-0.2, -0.15) is 0 Å². The number of benzene rings is 3. The van der Waals surface area contributed by atoms with Gasteiger partial charge in [-0.1, -0.05) is 54.6 Å². The van der Waals surface area contributed by atoms with E-state index >= 15 is 0 Å². The lowest BCUT2D eigenvalue weighted by Gasteiger charge is -2.14. The monoisotopic (exact) mass is 317 g/mol. The van der Waals surface area contributed by atoms with Crippen LogP contribution in [0.5, 0.6) is 5.75 Å². The molecule has 0 aliphatic heterocycles. The zero-order chi connectivity index (χ0) is 15.5. The van der Waals surface area contributed by atoms with Crippen LogP contribution in [0.2, 0.25) is 0 Å². The van der Waals surface area contributed by atoms with Crippen molar-refractivity contribution in [3.05, 3.63) is 72.3 Å². The summed E-state index contributed by atoms with van der Waals surface area (Å²) >= 11 is 0. The van der Waals surface area contributed by atoms with E-state index in [1.165, 1.54) is 27.6 Å². The number of rotatable bonds is 3. The van der Waals surface area contributed by atoms with Crippen LogP contribution in [0.3, 0.4) is 0 Å². The maximum absolute atomic E-state index is 5.53. The van der Waals surface area contributed by atoms with Gasteiger partial charge in [0.1, 0.15) is 5.75 Å². The molecule has 23 heavy (non-hydrogen) atoms. The van der Waals surface area contributed by atoms with Gasteiger partial charge in [-0.3, -0.25) is 0 Å². The van der Waals surface area contributed by atoms with Crippen LogP contribution in [0, 0.1) is 6.92 Å². The standard InChI is InChI=1S/C20H19OP.B/c1-14-11-12-15(13-20(14)22)16-7-3-4-8-17(16)18-9-5-6-10-19(18)21-2;/h3-13H,22H2,1-2H3;. The smallest absolute Gasteiger partial charge is 0.126 e. The molecule has 0 N–H and O–H groups in total. The van der Waals surface area contributed by atoms with E-state index in [-0.39, 0.29) is 8.41 Å². The summed E-state index contributed by atoms with van der Waals surface area (Å²) in [6.45, 7) is 2.12. The molecule has 3 aromatic rings. The van der Waals surface area contributed by atoms with Gasteiger partial charge in [-0.25, -0.2) is 0 Å². The van der Waals surface area contributed by atoms with Gasteiger partial charge >= 0.3 is 0 Å². The molecule has 3 heteroatoms. The van der Waals surface area contributed by atoms with Gasteiger partial charge in [0.05, 0.1) is 7.11 Å². The molecule has 0 heterocycles. The highest BCUT2D eigenvalue weighted by molar-refractivity contribution is 7.27. The number of para-hydroxylation sites is 1. The topological polar surface area (TPSA) is 9.23 Å². The zero-order valence-electron chi connectivity index (χ0n) is 13.4. The lowest BCUT2D eigenvalue weighted by Crippen LogP contribution is -1.97. The molecule has 0 aliphatic carbocycles. The van der Waals surface area contributed by atoms with Crippen molar-refractivity contribution in [2.24, 2.45) is 0 Å². The number of hydrogen-bond donors (Lipinski definition) is 0. The number of hydrogen-bond acceptors (Lipinski definition) is 1. The quantitative estimate of drug-likeness (QED) is 0.512. The van der Waals surface area contributed by atoms with E-state index in [4.69, 9.17) is 4.74 Å². The Kier molecular flexibility index (Phi) is 5.63. The third kappa shape index (κ3) is 3.49. The fraction of sp³-hybridized carbons (Fsp3) is 0.100. The van der Waals surface area contributed by atoms with Crippen molar-refractivity contribution < 1.29 is 4.74 Å². The van der Waals surface area contributed by atoms with Crippen LogP contribution in [0.1, 0.15) is 5.56 Å². The highest BCUT2D eigenvalue weighted by Gasteiger charge is 2.11. The predicted molar refractivity (Wildman–Crippen MR) is 104 cm³/mol. The summed E-state index contributed by atoms with van der Waals surface area (Å²) in [7, 11) is 4.53. The van der Waals surface area contributed by atoms with Crippen LogP contribution < -0.4 is 10.0 Å². The lowest BCUT2D eigenvalue weighted by atomic mass is 9.93. The molecule has 3 radical (unpaired) electrons. The Morgan fingerprint density at radius 3 is 2.04 bits per heavy atom. The predicted octanol–water partition coefficient (Wildman–Crippen LogP) is 4.46. The van der Waals surface area contributed by atoms with Crippen molar-refractivity contribution in [3.8, 4) is 28.0 Å². The third-order valence-electron chi connectivity index (χ3n) is 3.91. The Morgan fingerprint density at radius 1 is 0.783 bits per heavy atom. The molecular weight excluding hydrogens is 298 g/mol. The Morgan fingerprint density at radius 2 is 1.39 bits per heavy atom. The van der Waals surface area contributed by atoms with Crippen molar-refractivity contribution in [1.29, 1.82) is 0 Å². The van der Waals surface area contributed by atoms with E-state index < -0.39 is 0 Å². The Balaban J connectivity index is 0.00000192. The maximum atomic E-state index is 5.53. The Bertz CT molecular complexity index is 814. The van der Waals surface area contributed by atoms with Crippen molar-refractivity contribution in [2.75, 3.05) is 7.11 Å². The van der Waals surface area contributed by atoms with Crippen LogP contribution in [0.15, 0.2) is 66.7 Å². The molecule has 0 saturated heterocycles. The fourth-order valence-electron chi connectivity index (χ4n) is 2.64. The number of ether oxygens (including phenoxy) is 1. The third-order valence-corrected chi connectivity index (χ3v) is 4.54. The minimum absolute atomic E-state index is 0. The van der Waals surface area contributed by atoms with Gasteiger partial charge in [0.2, 0.25) is 0 Å². The largest absolute Gasteiger partial charge is 0.496 e. The van der Waals surface area contributed by atoms with Gasteiger partial charge in [0.15, 0.2) is 0 Å². The molecule has 3 rings (SSSR count). The van der Waals surface area contributed by atoms with E-state index in [0.29, 0.717) is 0 Å². The van der Waals surface area contributed by atoms with Crippen LogP contribution in [-0.2, 0) is 0 Å². The maximum Gasteiger partial charge on any atom is 0.126 e. The molecule has 1 nitrogen and oxygen atoms in total. The first-order valence-electron chi connectivity index (χ1n) is 7.29. The molecule has 1 atom stereocenters. The summed E-state index contributed by atoms with van der Waals surface area (Å²) < 4.78 is 5.53. The summed E-state index contributed by atoms with van der Waals surface area (Å²) in [4.78, 5) is 0. The molecule has 0 spiro atoms. The minimum Gasteiger partial charge on any atom is -0.496 e. The van der Waals surface area contributed by atoms with Crippen LogP contribution in [0.25, 0.3) is 22.3 Å². The highest BCUT2D eigenvalue weighted by Crippen LogP contribution is 2.36. The first kappa shape index (κ1) is 17.3. The first-order valence-corrected chi connectivity index (χ1v) is 7.87. The molecule has 0 aliphatic rings. The lowest BCUT2D eigenvalue weighted by molar-refractivity contribution is 0.416. The molecule has 0 aromatic heterocycles. The number of aryl methyl sites for hydroxylation is 1. The summed E-state index contributed by atoms with van der Waals surface area (Å²) in [6, 6.07) is 23.2. The summed E-state index contributed by atoms with van der Waals surface area (Å²) in [6.07, 6.45) is 0. The highest BCUT2D eigenvalue weighted by atomic mass is 31.0. The minimum atomic E-state index is 0. The van der Waals surface area contributed by atoms with Crippen molar-refractivity contribution in [3.63, 3.8) is 0 Å². The fourth-order valence-corrected chi connectivity index (χ4v) is 2.92. The van der Waals surface area contributed by atoms with Crippen LogP contribution in [0.4, 0.5) is 0 Å². The Labute approximate surface area is 142 Å². The second kappa shape index (κ2) is 7.48. The van der Waals surface area contributed by atoms with Crippen molar-refractivity contribution in [1.82, 2.24) is 0 Å². The molecule has 0 bridgehead atoms.